The second-order valence-electron chi connectivity index (χ2n) is 6.08. The first-order valence-electron chi connectivity index (χ1n) is 8.23. The number of nitro benzene ring substituents is 1. The molecule has 0 unspecified atom stereocenters. The molecular weight excluding hydrogens is 402 g/mol. The molecule has 1 fully saturated rings. The molecule has 10 heteroatoms. The molecule has 0 radical (unpaired) electrons. The minimum Gasteiger partial charge on any atom is -0.490 e. The Bertz CT molecular complexity index is 1100. The molecule has 148 valence electrons. The van der Waals surface area contributed by atoms with Crippen LogP contribution >= 0.6 is 11.6 Å². The summed E-state index contributed by atoms with van der Waals surface area (Å²) in [7, 11) is 1.29. The molecule has 0 saturated carbocycles. The number of barbiturate groups is 1. The number of carbonyl (C=O) groups is 3. The molecule has 3 rings (SSSR count). The number of rotatable bonds is 4. The number of imide groups is 2. The Morgan fingerprint density at radius 2 is 1.90 bits per heavy atom. The molecule has 0 aromatic heterocycles. The summed E-state index contributed by atoms with van der Waals surface area (Å²) in [4.78, 5) is 48.6. The topological polar surface area (TPSA) is 119 Å². The number of methoxy groups -OCH3 is 1. The summed E-state index contributed by atoms with van der Waals surface area (Å²) in [5.74, 6) is -1.76. The van der Waals surface area contributed by atoms with E-state index in [9.17, 15) is 24.5 Å². The second kappa shape index (κ2) is 7.72. The average Bonchev–Trinajstić information content (AvgIpc) is 2.67. The predicted octanol–water partition coefficient (Wildman–Crippen LogP) is 3.23. The van der Waals surface area contributed by atoms with Crippen molar-refractivity contribution in [1.29, 1.82) is 0 Å². The number of anilines is 1. The van der Waals surface area contributed by atoms with E-state index >= 15 is 0 Å². The minimum absolute atomic E-state index is 0.0303. The highest BCUT2D eigenvalue weighted by molar-refractivity contribution is 6.39. The van der Waals surface area contributed by atoms with Crippen LogP contribution in [0, 0.1) is 17.0 Å². The standard InChI is InChI=1S/C19H14ClN3O6/c1-10-3-5-12(9-14(10)20)22-18(25)13(17(24)21-19(22)26)7-11-4-6-16(29-2)15(8-11)23(27)28/h3-9H,1-2H3,(H,21,24,26)/b13-7+. The number of amides is 4. The molecule has 29 heavy (non-hydrogen) atoms. The van der Waals surface area contributed by atoms with Crippen molar-refractivity contribution >= 4 is 46.9 Å². The van der Waals surface area contributed by atoms with E-state index in [0.717, 1.165) is 16.5 Å². The highest BCUT2D eigenvalue weighted by Crippen LogP contribution is 2.30. The zero-order valence-electron chi connectivity index (χ0n) is 15.3. The molecular formula is C19H14ClN3O6. The van der Waals surface area contributed by atoms with E-state index in [-0.39, 0.29) is 28.3 Å². The SMILES string of the molecule is COc1ccc(/C=C2\C(=O)NC(=O)N(c3ccc(C)c(Cl)c3)C2=O)cc1[N+](=O)[O-]. The van der Waals surface area contributed by atoms with Crippen LogP contribution in [0.3, 0.4) is 0 Å². The number of aryl methyl sites for hydroxylation is 1. The summed E-state index contributed by atoms with van der Waals surface area (Å²) >= 11 is 6.07. The van der Waals surface area contributed by atoms with Crippen LogP contribution in [-0.2, 0) is 9.59 Å². The summed E-state index contributed by atoms with van der Waals surface area (Å²) < 4.78 is 4.93. The van der Waals surface area contributed by atoms with Crippen LogP contribution in [0.4, 0.5) is 16.2 Å². The second-order valence-corrected chi connectivity index (χ2v) is 6.49. The van der Waals surface area contributed by atoms with Crippen molar-refractivity contribution in [3.63, 3.8) is 0 Å². The van der Waals surface area contributed by atoms with Crippen molar-refractivity contribution < 1.29 is 24.0 Å². The number of halogens is 1. The zero-order valence-corrected chi connectivity index (χ0v) is 16.0. The third-order valence-electron chi connectivity index (χ3n) is 4.23. The lowest BCUT2D eigenvalue weighted by Crippen LogP contribution is -2.54. The van der Waals surface area contributed by atoms with Crippen LogP contribution < -0.4 is 15.0 Å². The first-order valence-corrected chi connectivity index (χ1v) is 8.60. The predicted molar refractivity (Wildman–Crippen MR) is 105 cm³/mol. The fourth-order valence-electron chi connectivity index (χ4n) is 2.72. The Balaban J connectivity index is 2.04. The van der Waals surface area contributed by atoms with Gasteiger partial charge in [-0.3, -0.25) is 25.0 Å². The highest BCUT2D eigenvalue weighted by atomic mass is 35.5. The lowest BCUT2D eigenvalue weighted by Gasteiger charge is -2.26. The molecule has 0 aliphatic carbocycles. The maximum Gasteiger partial charge on any atom is 0.335 e. The summed E-state index contributed by atoms with van der Waals surface area (Å²) in [6, 6.07) is 7.62. The van der Waals surface area contributed by atoms with Gasteiger partial charge in [-0.1, -0.05) is 23.7 Å². The van der Waals surface area contributed by atoms with E-state index in [4.69, 9.17) is 16.3 Å². The number of urea groups is 1. The van der Waals surface area contributed by atoms with Gasteiger partial charge in [-0.25, -0.2) is 9.69 Å². The summed E-state index contributed by atoms with van der Waals surface area (Å²) in [6.45, 7) is 1.76. The van der Waals surface area contributed by atoms with E-state index in [1.54, 1.807) is 13.0 Å². The first kappa shape index (κ1) is 20.0. The van der Waals surface area contributed by atoms with Gasteiger partial charge in [-0.15, -0.1) is 0 Å². The summed E-state index contributed by atoms with van der Waals surface area (Å²) in [5, 5.41) is 13.6. The third kappa shape index (κ3) is 3.81. The van der Waals surface area contributed by atoms with Crippen molar-refractivity contribution in [3.05, 3.63) is 68.2 Å². The average molecular weight is 416 g/mol. The molecule has 0 spiro atoms. The van der Waals surface area contributed by atoms with Crippen LogP contribution in [0.1, 0.15) is 11.1 Å². The van der Waals surface area contributed by atoms with Gasteiger partial charge in [0.05, 0.1) is 17.7 Å². The smallest absolute Gasteiger partial charge is 0.335 e. The van der Waals surface area contributed by atoms with Gasteiger partial charge < -0.3 is 4.74 Å². The Kier molecular flexibility index (Phi) is 5.33. The molecule has 1 N–H and O–H groups in total. The number of nitrogens with zero attached hydrogens (tertiary/aromatic N) is 2. The Morgan fingerprint density at radius 3 is 2.52 bits per heavy atom. The van der Waals surface area contributed by atoms with Crippen molar-refractivity contribution in [1.82, 2.24) is 5.32 Å². The summed E-state index contributed by atoms with van der Waals surface area (Å²) in [5.41, 5.74) is 0.455. The van der Waals surface area contributed by atoms with Gasteiger partial charge in [0.25, 0.3) is 11.8 Å². The Morgan fingerprint density at radius 1 is 1.17 bits per heavy atom. The van der Waals surface area contributed by atoms with Gasteiger partial charge in [0.2, 0.25) is 0 Å². The van der Waals surface area contributed by atoms with Crippen molar-refractivity contribution in [3.8, 4) is 5.75 Å². The quantitative estimate of drug-likeness (QED) is 0.354. The van der Waals surface area contributed by atoms with Gasteiger partial charge in [-0.05, 0) is 42.3 Å². The van der Waals surface area contributed by atoms with E-state index in [1.807, 2.05) is 0 Å². The van der Waals surface area contributed by atoms with E-state index in [2.05, 4.69) is 5.32 Å². The number of ether oxygens (including phenoxy) is 1. The molecule has 1 heterocycles. The maximum absolute atomic E-state index is 12.9. The van der Waals surface area contributed by atoms with Gasteiger partial charge in [0, 0.05) is 11.1 Å². The van der Waals surface area contributed by atoms with Crippen molar-refractivity contribution in [2.24, 2.45) is 0 Å². The van der Waals surface area contributed by atoms with E-state index in [1.165, 1.54) is 37.5 Å². The van der Waals surface area contributed by atoms with Crippen LogP contribution in [0.15, 0.2) is 42.0 Å². The molecule has 1 saturated heterocycles. The molecule has 0 atom stereocenters. The number of hydrogen-bond donors (Lipinski definition) is 1. The molecule has 2 aromatic carbocycles. The molecule has 9 nitrogen and oxygen atoms in total. The fraction of sp³-hybridized carbons (Fsp3) is 0.105. The van der Waals surface area contributed by atoms with E-state index in [0.29, 0.717) is 5.02 Å². The van der Waals surface area contributed by atoms with Crippen molar-refractivity contribution in [2.45, 2.75) is 6.92 Å². The van der Waals surface area contributed by atoms with Crippen LogP contribution in [0.2, 0.25) is 5.02 Å². The molecule has 1 aliphatic heterocycles. The lowest BCUT2D eigenvalue weighted by atomic mass is 10.1. The fourth-order valence-corrected chi connectivity index (χ4v) is 2.89. The molecule has 0 bridgehead atoms. The monoisotopic (exact) mass is 415 g/mol. The van der Waals surface area contributed by atoms with Gasteiger partial charge in [0.15, 0.2) is 5.75 Å². The van der Waals surface area contributed by atoms with Crippen LogP contribution in [0.25, 0.3) is 6.08 Å². The van der Waals surface area contributed by atoms with Crippen molar-refractivity contribution in [2.75, 3.05) is 12.0 Å². The number of nitro groups is 1. The molecule has 4 amide bonds. The number of benzene rings is 2. The molecule has 2 aromatic rings. The van der Waals surface area contributed by atoms with E-state index < -0.39 is 22.8 Å². The zero-order chi connectivity index (χ0) is 21.3. The minimum atomic E-state index is -0.919. The Hall–Kier alpha value is -3.72. The van der Waals surface area contributed by atoms with Gasteiger partial charge in [0.1, 0.15) is 5.57 Å². The Labute approximate surface area is 169 Å². The van der Waals surface area contributed by atoms with Gasteiger partial charge >= 0.3 is 11.7 Å². The first-order chi connectivity index (χ1) is 13.7. The van der Waals surface area contributed by atoms with Crippen LogP contribution in [-0.4, -0.2) is 29.9 Å². The normalized spacial score (nSPS) is 15.5. The number of hydrogen-bond acceptors (Lipinski definition) is 6. The lowest BCUT2D eigenvalue weighted by molar-refractivity contribution is -0.385. The highest BCUT2D eigenvalue weighted by Gasteiger charge is 2.37. The third-order valence-corrected chi connectivity index (χ3v) is 4.63. The largest absolute Gasteiger partial charge is 0.490 e. The maximum atomic E-state index is 12.9. The van der Waals surface area contributed by atoms with Crippen LogP contribution in [0.5, 0.6) is 5.75 Å². The summed E-state index contributed by atoms with van der Waals surface area (Å²) in [6.07, 6.45) is 1.17. The number of carbonyl (C=O) groups excluding carboxylic acids is 3. The van der Waals surface area contributed by atoms with Gasteiger partial charge in [-0.2, -0.15) is 0 Å². The molecule has 1 aliphatic rings. The number of nitrogens with one attached hydrogen (secondary N) is 1.